The van der Waals surface area contributed by atoms with Crippen molar-refractivity contribution < 1.29 is 19.8 Å². The molecule has 0 heterocycles. The number of carboxylic acids is 2. The minimum Gasteiger partial charge on any atom is -0.481 e. The topological polar surface area (TPSA) is 86.6 Å². The van der Waals surface area contributed by atoms with Crippen LogP contribution in [0.1, 0.15) is 23.1 Å². The first-order chi connectivity index (χ1) is 8.32. The Balaban J connectivity index is 2.98. The second-order valence-electron chi connectivity index (χ2n) is 4.31. The van der Waals surface area contributed by atoms with E-state index in [9.17, 15) is 9.59 Å². The van der Waals surface area contributed by atoms with Crippen LogP contribution < -0.4 is 5.32 Å². The molecule has 0 saturated heterocycles. The van der Waals surface area contributed by atoms with E-state index in [-0.39, 0.29) is 0 Å². The Bertz CT molecular complexity index is 482. The monoisotopic (exact) mass is 251 g/mol. The predicted molar refractivity (Wildman–Crippen MR) is 68.0 cm³/mol. The third kappa shape index (κ3) is 3.23. The lowest BCUT2D eigenvalue weighted by Crippen LogP contribution is -2.32. The predicted octanol–water partition coefficient (Wildman–Crippen LogP) is 1.95. The van der Waals surface area contributed by atoms with Crippen LogP contribution in [0.2, 0.25) is 0 Å². The molecule has 0 bridgehead atoms. The van der Waals surface area contributed by atoms with E-state index in [0.29, 0.717) is 5.69 Å². The molecule has 5 nitrogen and oxygen atoms in total. The summed E-state index contributed by atoms with van der Waals surface area (Å²) in [4.78, 5) is 21.6. The normalized spacial score (nSPS) is 11.9. The van der Waals surface area contributed by atoms with Crippen molar-refractivity contribution in [1.29, 1.82) is 0 Å². The first-order valence-electron chi connectivity index (χ1n) is 5.61. The van der Waals surface area contributed by atoms with Gasteiger partial charge in [0.2, 0.25) is 0 Å². The van der Waals surface area contributed by atoms with Gasteiger partial charge in [-0.1, -0.05) is 6.07 Å². The van der Waals surface area contributed by atoms with E-state index in [1.807, 2.05) is 26.8 Å². The number of anilines is 1. The summed E-state index contributed by atoms with van der Waals surface area (Å²) < 4.78 is 0. The van der Waals surface area contributed by atoms with Gasteiger partial charge in [-0.15, -0.1) is 0 Å². The zero-order chi connectivity index (χ0) is 13.9. The molecule has 0 radical (unpaired) electrons. The SMILES string of the molecule is Cc1ccc(NC(CC(=O)O)C(=O)O)c(C)c1C. The minimum absolute atomic E-state index is 0.457. The summed E-state index contributed by atoms with van der Waals surface area (Å²) in [5.41, 5.74) is 3.78. The number of carbonyl (C=O) groups is 2. The summed E-state index contributed by atoms with van der Waals surface area (Å²) in [6.07, 6.45) is -0.457. The molecule has 1 atom stereocenters. The Morgan fingerprint density at radius 3 is 2.28 bits per heavy atom. The molecule has 0 spiro atoms. The third-order valence-electron chi connectivity index (χ3n) is 3.06. The number of rotatable bonds is 5. The molecular formula is C13H17NO4. The average Bonchev–Trinajstić information content (AvgIpc) is 2.28. The van der Waals surface area contributed by atoms with E-state index >= 15 is 0 Å². The summed E-state index contributed by atoms with van der Waals surface area (Å²) in [6.45, 7) is 5.80. The molecule has 1 unspecified atom stereocenters. The summed E-state index contributed by atoms with van der Waals surface area (Å²) in [5.74, 6) is -2.31. The number of nitrogens with one attached hydrogen (secondary N) is 1. The van der Waals surface area contributed by atoms with Crippen LogP contribution >= 0.6 is 0 Å². The lowest BCUT2D eigenvalue weighted by atomic mass is 10.0. The molecule has 0 fully saturated rings. The first kappa shape index (κ1) is 14.0. The molecule has 0 aliphatic rings. The molecule has 0 amide bonds. The highest BCUT2D eigenvalue weighted by Crippen LogP contribution is 2.22. The van der Waals surface area contributed by atoms with Crippen LogP contribution in [0.25, 0.3) is 0 Å². The van der Waals surface area contributed by atoms with E-state index in [4.69, 9.17) is 10.2 Å². The molecule has 0 aromatic heterocycles. The molecule has 98 valence electrons. The fourth-order valence-electron chi connectivity index (χ4n) is 1.67. The number of aliphatic carboxylic acids is 2. The van der Waals surface area contributed by atoms with Crippen molar-refractivity contribution in [3.05, 3.63) is 28.8 Å². The average molecular weight is 251 g/mol. The van der Waals surface area contributed by atoms with Crippen LogP contribution in [0.3, 0.4) is 0 Å². The van der Waals surface area contributed by atoms with Crippen molar-refractivity contribution >= 4 is 17.6 Å². The maximum Gasteiger partial charge on any atom is 0.326 e. The van der Waals surface area contributed by atoms with Gasteiger partial charge in [0.05, 0.1) is 6.42 Å². The molecule has 0 aliphatic carbocycles. The smallest absolute Gasteiger partial charge is 0.326 e. The minimum atomic E-state index is -1.17. The molecule has 1 aromatic rings. The van der Waals surface area contributed by atoms with E-state index in [0.717, 1.165) is 16.7 Å². The number of aryl methyl sites for hydroxylation is 1. The summed E-state index contributed by atoms with van der Waals surface area (Å²) in [6, 6.07) is 2.53. The Morgan fingerprint density at radius 1 is 1.17 bits per heavy atom. The molecule has 1 aromatic carbocycles. The van der Waals surface area contributed by atoms with E-state index in [1.54, 1.807) is 6.07 Å². The number of benzene rings is 1. The molecular weight excluding hydrogens is 234 g/mol. The number of hydrogen-bond donors (Lipinski definition) is 3. The van der Waals surface area contributed by atoms with Gasteiger partial charge in [0.25, 0.3) is 0 Å². The van der Waals surface area contributed by atoms with Gasteiger partial charge in [-0.2, -0.15) is 0 Å². The zero-order valence-electron chi connectivity index (χ0n) is 10.7. The Kier molecular flexibility index (Phi) is 4.31. The second kappa shape index (κ2) is 5.53. The van der Waals surface area contributed by atoms with Gasteiger partial charge in [-0.05, 0) is 43.5 Å². The van der Waals surface area contributed by atoms with Gasteiger partial charge in [0, 0.05) is 5.69 Å². The van der Waals surface area contributed by atoms with Crippen LogP contribution in [0.4, 0.5) is 5.69 Å². The Hall–Kier alpha value is -2.04. The van der Waals surface area contributed by atoms with Crippen LogP contribution in [0.5, 0.6) is 0 Å². The highest BCUT2D eigenvalue weighted by Gasteiger charge is 2.21. The quantitative estimate of drug-likeness (QED) is 0.744. The van der Waals surface area contributed by atoms with Gasteiger partial charge in [0.15, 0.2) is 0 Å². The van der Waals surface area contributed by atoms with Crippen LogP contribution in [0.15, 0.2) is 12.1 Å². The van der Waals surface area contributed by atoms with E-state index in [2.05, 4.69) is 5.32 Å². The number of carboxylic acid groups (broad SMARTS) is 2. The standard InChI is InChI=1S/C13H17NO4/c1-7-4-5-10(9(3)8(7)2)14-11(13(17)18)6-12(15)16/h4-5,11,14H,6H2,1-3H3,(H,15,16)(H,17,18). The fraction of sp³-hybridized carbons (Fsp3) is 0.385. The highest BCUT2D eigenvalue weighted by atomic mass is 16.4. The van der Waals surface area contributed by atoms with Gasteiger partial charge in [-0.3, -0.25) is 4.79 Å². The fourth-order valence-corrected chi connectivity index (χ4v) is 1.67. The van der Waals surface area contributed by atoms with Crippen molar-refractivity contribution in [2.75, 3.05) is 5.32 Å². The Morgan fingerprint density at radius 2 is 1.78 bits per heavy atom. The van der Waals surface area contributed by atoms with Gasteiger partial charge in [0.1, 0.15) is 6.04 Å². The molecule has 5 heteroatoms. The van der Waals surface area contributed by atoms with Crippen molar-refractivity contribution in [3.8, 4) is 0 Å². The summed E-state index contributed by atoms with van der Waals surface area (Å²) in [5, 5.41) is 20.4. The molecule has 3 N–H and O–H groups in total. The molecule has 0 saturated carbocycles. The largest absolute Gasteiger partial charge is 0.481 e. The highest BCUT2D eigenvalue weighted by molar-refractivity contribution is 5.83. The maximum absolute atomic E-state index is 11.0. The van der Waals surface area contributed by atoms with Crippen molar-refractivity contribution in [1.82, 2.24) is 0 Å². The molecule has 0 aliphatic heterocycles. The van der Waals surface area contributed by atoms with Gasteiger partial charge < -0.3 is 15.5 Å². The summed E-state index contributed by atoms with van der Waals surface area (Å²) in [7, 11) is 0. The second-order valence-corrected chi connectivity index (χ2v) is 4.31. The lowest BCUT2D eigenvalue weighted by Gasteiger charge is -2.17. The van der Waals surface area contributed by atoms with E-state index < -0.39 is 24.4 Å². The first-order valence-corrected chi connectivity index (χ1v) is 5.61. The molecule has 18 heavy (non-hydrogen) atoms. The lowest BCUT2D eigenvalue weighted by molar-refractivity contribution is -0.144. The van der Waals surface area contributed by atoms with Crippen LogP contribution in [0, 0.1) is 20.8 Å². The van der Waals surface area contributed by atoms with Crippen molar-refractivity contribution in [3.63, 3.8) is 0 Å². The zero-order valence-corrected chi connectivity index (χ0v) is 10.7. The number of hydrogen-bond acceptors (Lipinski definition) is 3. The van der Waals surface area contributed by atoms with Crippen LogP contribution in [-0.4, -0.2) is 28.2 Å². The van der Waals surface area contributed by atoms with Crippen molar-refractivity contribution in [2.45, 2.75) is 33.2 Å². The van der Waals surface area contributed by atoms with E-state index in [1.165, 1.54) is 0 Å². The summed E-state index contributed by atoms with van der Waals surface area (Å²) >= 11 is 0. The van der Waals surface area contributed by atoms with Crippen LogP contribution in [-0.2, 0) is 9.59 Å². The maximum atomic E-state index is 11.0. The Labute approximate surface area is 105 Å². The van der Waals surface area contributed by atoms with Gasteiger partial charge >= 0.3 is 11.9 Å². The van der Waals surface area contributed by atoms with Gasteiger partial charge in [-0.25, -0.2) is 4.79 Å². The third-order valence-corrected chi connectivity index (χ3v) is 3.06. The van der Waals surface area contributed by atoms with Crippen molar-refractivity contribution in [2.24, 2.45) is 0 Å². The molecule has 1 rings (SSSR count).